The molecule has 2 heterocycles. The monoisotopic (exact) mass is 618 g/mol. The summed E-state index contributed by atoms with van der Waals surface area (Å²) in [5.41, 5.74) is 7.43. The summed E-state index contributed by atoms with van der Waals surface area (Å²) in [4.78, 5) is 57.6. The first-order chi connectivity index (χ1) is 21.2. The van der Waals surface area contributed by atoms with Crippen LogP contribution in [0.4, 0.5) is 0 Å². The van der Waals surface area contributed by atoms with Crippen LogP contribution < -0.4 is 11.1 Å². The van der Waals surface area contributed by atoms with Gasteiger partial charge in [-0.05, 0) is 47.4 Å². The second kappa shape index (κ2) is 13.8. The van der Waals surface area contributed by atoms with E-state index in [2.05, 4.69) is 5.32 Å². The molecule has 0 aliphatic carbocycles. The lowest BCUT2D eigenvalue weighted by Gasteiger charge is -2.40. The molecule has 3 atom stereocenters. The summed E-state index contributed by atoms with van der Waals surface area (Å²) in [6.07, 6.45) is 0.649. The van der Waals surface area contributed by atoms with Gasteiger partial charge in [-0.1, -0.05) is 66.2 Å². The highest BCUT2D eigenvalue weighted by Crippen LogP contribution is 2.33. The molecule has 5 rings (SSSR count). The summed E-state index contributed by atoms with van der Waals surface area (Å²) in [7, 11) is 0. The molecule has 2 aliphatic heterocycles. The molecule has 3 aromatic carbocycles. The fourth-order valence-corrected chi connectivity index (χ4v) is 6.54. The van der Waals surface area contributed by atoms with Gasteiger partial charge in [0, 0.05) is 57.1 Å². The van der Waals surface area contributed by atoms with Gasteiger partial charge in [0.15, 0.2) is 0 Å². The number of nitrogens with two attached hydrogens (primary N) is 1. The predicted molar refractivity (Wildman–Crippen MR) is 169 cm³/mol. The zero-order valence-corrected chi connectivity index (χ0v) is 25.9. The van der Waals surface area contributed by atoms with Crippen LogP contribution in [-0.2, 0) is 25.6 Å². The fraction of sp³-hybridized carbons (Fsp3) is 0.394. The third-order valence-electron chi connectivity index (χ3n) is 8.59. The van der Waals surface area contributed by atoms with Crippen molar-refractivity contribution in [2.45, 2.75) is 44.8 Å². The number of amides is 4. The van der Waals surface area contributed by atoms with Crippen molar-refractivity contribution >= 4 is 46.0 Å². The van der Waals surface area contributed by atoms with E-state index in [0.29, 0.717) is 43.2 Å². The number of primary amides is 1. The van der Waals surface area contributed by atoms with Crippen LogP contribution in [0.5, 0.6) is 0 Å². The summed E-state index contributed by atoms with van der Waals surface area (Å²) in [6.45, 7) is 5.91. The van der Waals surface area contributed by atoms with Gasteiger partial charge < -0.3 is 20.9 Å². The number of hydrogen-bond acceptors (Lipinski definition) is 6. The van der Waals surface area contributed by atoms with Crippen LogP contribution in [-0.4, -0.2) is 94.8 Å². The Balaban J connectivity index is 1.51. The smallest absolute Gasteiger partial charge is 0.250 e. The number of piperazine rings is 1. The molecule has 0 bridgehead atoms. The molecule has 3 aromatic rings. The second-order valence-electron chi connectivity index (χ2n) is 11.5. The number of rotatable bonds is 8. The highest BCUT2D eigenvalue weighted by atomic mass is 35.5. The quantitative estimate of drug-likeness (QED) is 0.401. The van der Waals surface area contributed by atoms with Crippen LogP contribution in [0.15, 0.2) is 66.7 Å². The van der Waals surface area contributed by atoms with Crippen LogP contribution in [0.1, 0.15) is 37.4 Å². The Hall–Kier alpha value is -3.99. The van der Waals surface area contributed by atoms with E-state index in [1.165, 1.54) is 16.8 Å². The largest absolute Gasteiger partial charge is 0.368 e. The van der Waals surface area contributed by atoms with Gasteiger partial charge in [-0.25, -0.2) is 5.01 Å². The number of hydrogen-bond donors (Lipinski definition) is 2. The van der Waals surface area contributed by atoms with Gasteiger partial charge in [-0.2, -0.15) is 0 Å². The highest BCUT2D eigenvalue weighted by Gasteiger charge is 2.44. The number of carbonyl (C=O) groups excluding carboxylic acids is 4. The molecular formula is C33H39ClN6O4. The Morgan fingerprint density at radius 1 is 1.02 bits per heavy atom. The van der Waals surface area contributed by atoms with E-state index < -0.39 is 23.9 Å². The van der Waals surface area contributed by atoms with E-state index in [0.717, 1.165) is 16.3 Å². The number of halogens is 1. The lowest BCUT2D eigenvalue weighted by Crippen LogP contribution is -2.58. The molecule has 3 N–H and O–H groups in total. The fourth-order valence-electron chi connectivity index (χ4n) is 6.34. The first kappa shape index (κ1) is 31.4. The number of carbonyl (C=O) groups is 4. The summed E-state index contributed by atoms with van der Waals surface area (Å²) < 4.78 is 0. The SMILES string of the molecule is CC(=O)N(CC(=O)N1C(C)CCN(C(Cc2cccc3ccccc23)C(N)=O)C(=O)C1c1cccc(Cl)c1)N1CCNCC1. The number of hydrazine groups is 1. The van der Waals surface area contributed by atoms with E-state index in [1.807, 2.05) is 54.4 Å². The molecular weight excluding hydrogens is 580 g/mol. The summed E-state index contributed by atoms with van der Waals surface area (Å²) in [6, 6.07) is 18.2. The zero-order valence-electron chi connectivity index (χ0n) is 25.1. The topological polar surface area (TPSA) is 119 Å². The van der Waals surface area contributed by atoms with Crippen molar-refractivity contribution in [2.24, 2.45) is 5.73 Å². The molecule has 232 valence electrons. The molecule has 3 unspecified atom stereocenters. The summed E-state index contributed by atoms with van der Waals surface area (Å²) >= 11 is 6.39. The van der Waals surface area contributed by atoms with Gasteiger partial charge in [-0.15, -0.1) is 0 Å². The van der Waals surface area contributed by atoms with Crippen molar-refractivity contribution in [3.63, 3.8) is 0 Å². The third-order valence-corrected chi connectivity index (χ3v) is 8.83. The molecule has 11 heteroatoms. The molecule has 0 radical (unpaired) electrons. The minimum Gasteiger partial charge on any atom is -0.368 e. The van der Waals surface area contributed by atoms with Gasteiger partial charge >= 0.3 is 0 Å². The van der Waals surface area contributed by atoms with Gasteiger partial charge in [-0.3, -0.25) is 24.2 Å². The van der Waals surface area contributed by atoms with E-state index in [-0.39, 0.29) is 37.4 Å². The average Bonchev–Trinajstić information content (AvgIpc) is 3.14. The van der Waals surface area contributed by atoms with Gasteiger partial charge in [0.2, 0.25) is 17.7 Å². The van der Waals surface area contributed by atoms with Crippen molar-refractivity contribution in [3.8, 4) is 0 Å². The lowest BCUT2D eigenvalue weighted by atomic mass is 9.96. The molecule has 0 saturated carbocycles. The molecule has 10 nitrogen and oxygen atoms in total. The Morgan fingerprint density at radius 2 is 1.73 bits per heavy atom. The first-order valence-corrected chi connectivity index (χ1v) is 15.4. The molecule has 4 amide bonds. The van der Waals surface area contributed by atoms with Crippen LogP contribution in [0.2, 0.25) is 5.02 Å². The maximum absolute atomic E-state index is 14.6. The molecule has 0 aromatic heterocycles. The first-order valence-electron chi connectivity index (χ1n) is 15.0. The van der Waals surface area contributed by atoms with Gasteiger partial charge in [0.25, 0.3) is 5.91 Å². The zero-order chi connectivity index (χ0) is 31.4. The van der Waals surface area contributed by atoms with E-state index in [9.17, 15) is 19.2 Å². The van der Waals surface area contributed by atoms with E-state index >= 15 is 0 Å². The Labute approximate surface area is 262 Å². The van der Waals surface area contributed by atoms with Gasteiger partial charge in [0.1, 0.15) is 18.6 Å². The minimum atomic E-state index is -1.06. The van der Waals surface area contributed by atoms with Crippen molar-refractivity contribution in [2.75, 3.05) is 39.3 Å². The standard InChI is InChI=1S/C33H39ClN6O4/c1-22-13-16-38(29(32(35)43)20-25-9-5-8-24-7-3-4-12-28(24)25)33(44)31(26-10-6-11-27(34)19-26)40(22)30(42)21-39(23(2)41)37-17-14-36-15-18-37/h3-12,19,22,29,31,36H,13-18,20-21H2,1-2H3,(H2,35,43). The van der Waals surface area contributed by atoms with E-state index in [1.54, 1.807) is 29.2 Å². The van der Waals surface area contributed by atoms with E-state index in [4.69, 9.17) is 17.3 Å². The second-order valence-corrected chi connectivity index (χ2v) is 11.9. The Bertz CT molecular complexity index is 1540. The predicted octanol–water partition coefficient (Wildman–Crippen LogP) is 2.75. The van der Waals surface area contributed by atoms with Crippen LogP contribution >= 0.6 is 11.6 Å². The summed E-state index contributed by atoms with van der Waals surface area (Å²) in [5, 5.41) is 9.01. The van der Waals surface area contributed by atoms with Crippen molar-refractivity contribution < 1.29 is 19.2 Å². The normalized spacial score (nSPS) is 20.3. The molecule has 2 fully saturated rings. The molecule has 44 heavy (non-hydrogen) atoms. The minimum absolute atomic E-state index is 0.209. The van der Waals surface area contributed by atoms with Crippen molar-refractivity contribution in [1.29, 1.82) is 0 Å². The van der Waals surface area contributed by atoms with Crippen molar-refractivity contribution in [1.82, 2.24) is 25.1 Å². The number of nitrogens with zero attached hydrogens (tertiary/aromatic N) is 4. The molecule has 2 saturated heterocycles. The highest BCUT2D eigenvalue weighted by molar-refractivity contribution is 6.30. The van der Waals surface area contributed by atoms with Crippen LogP contribution in [0.3, 0.4) is 0 Å². The summed E-state index contributed by atoms with van der Waals surface area (Å²) in [5.74, 6) is -1.65. The maximum atomic E-state index is 14.6. The third kappa shape index (κ3) is 6.72. The number of fused-ring (bicyclic) bond motifs is 1. The number of nitrogens with one attached hydrogen (secondary N) is 1. The Morgan fingerprint density at radius 3 is 2.43 bits per heavy atom. The van der Waals surface area contributed by atoms with Crippen LogP contribution in [0, 0.1) is 0 Å². The van der Waals surface area contributed by atoms with Crippen molar-refractivity contribution in [3.05, 3.63) is 82.9 Å². The molecule has 0 spiro atoms. The Kier molecular flexibility index (Phi) is 9.83. The number of benzene rings is 3. The van der Waals surface area contributed by atoms with Crippen LogP contribution in [0.25, 0.3) is 10.8 Å². The average molecular weight is 619 g/mol. The maximum Gasteiger partial charge on any atom is 0.250 e. The lowest BCUT2D eigenvalue weighted by molar-refractivity contribution is -0.159. The van der Waals surface area contributed by atoms with Gasteiger partial charge in [0.05, 0.1) is 0 Å². The molecule has 2 aliphatic rings.